The third-order valence-electron chi connectivity index (χ3n) is 4.81. The number of hydrogen-bond acceptors (Lipinski definition) is 3. The highest BCUT2D eigenvalue weighted by Gasteiger charge is 2.29. The zero-order chi connectivity index (χ0) is 19.4. The van der Waals surface area contributed by atoms with Crippen LogP contribution in [-0.4, -0.2) is 34.8 Å². The number of amides is 2. The van der Waals surface area contributed by atoms with Crippen molar-refractivity contribution in [1.29, 1.82) is 0 Å². The Morgan fingerprint density at radius 3 is 2.63 bits per heavy atom. The van der Waals surface area contributed by atoms with Gasteiger partial charge in [-0.05, 0) is 55.7 Å². The predicted octanol–water partition coefficient (Wildman–Crippen LogP) is 4.12. The van der Waals surface area contributed by atoms with Gasteiger partial charge in [0.2, 0.25) is 5.91 Å². The summed E-state index contributed by atoms with van der Waals surface area (Å²) >= 11 is 11.9. The van der Waals surface area contributed by atoms with Crippen LogP contribution in [0.25, 0.3) is 0 Å². The van der Waals surface area contributed by atoms with E-state index in [2.05, 4.69) is 10.3 Å². The minimum Gasteiger partial charge on any atom is -0.349 e. The molecule has 27 heavy (non-hydrogen) atoms. The molecule has 3 rings (SSSR count). The highest BCUT2D eigenvalue weighted by atomic mass is 35.5. The maximum atomic E-state index is 12.8. The van der Waals surface area contributed by atoms with E-state index in [0.29, 0.717) is 28.7 Å². The van der Waals surface area contributed by atoms with Crippen molar-refractivity contribution in [2.24, 2.45) is 5.92 Å². The van der Waals surface area contributed by atoms with Gasteiger partial charge in [-0.3, -0.25) is 14.6 Å². The number of pyridine rings is 1. The SMILES string of the molecule is C[C@@H](NC(=O)[C@H]1CCCN(C(=O)c2ccc(Cl)c(Cl)c2)C1)c1ccncc1. The first-order chi connectivity index (χ1) is 13.0. The summed E-state index contributed by atoms with van der Waals surface area (Å²) in [4.78, 5) is 31.1. The number of nitrogens with one attached hydrogen (secondary N) is 1. The summed E-state index contributed by atoms with van der Waals surface area (Å²) in [5.74, 6) is -0.394. The van der Waals surface area contributed by atoms with Crippen LogP contribution >= 0.6 is 23.2 Å². The van der Waals surface area contributed by atoms with E-state index in [4.69, 9.17) is 23.2 Å². The molecule has 1 aliphatic rings. The first-order valence-corrected chi connectivity index (χ1v) is 9.66. The molecule has 5 nitrogen and oxygen atoms in total. The maximum absolute atomic E-state index is 12.8. The second-order valence-electron chi connectivity index (χ2n) is 6.73. The molecule has 0 bridgehead atoms. The van der Waals surface area contributed by atoms with Crippen LogP contribution in [0.1, 0.15) is 41.7 Å². The Morgan fingerprint density at radius 1 is 1.19 bits per heavy atom. The number of rotatable bonds is 4. The molecule has 0 unspecified atom stereocenters. The molecule has 1 aromatic carbocycles. The third-order valence-corrected chi connectivity index (χ3v) is 5.55. The van der Waals surface area contributed by atoms with Crippen LogP contribution in [0.3, 0.4) is 0 Å². The van der Waals surface area contributed by atoms with E-state index in [1.165, 1.54) is 0 Å². The molecule has 7 heteroatoms. The topological polar surface area (TPSA) is 62.3 Å². The quantitative estimate of drug-likeness (QED) is 0.831. The Labute approximate surface area is 168 Å². The van der Waals surface area contributed by atoms with Gasteiger partial charge in [0.25, 0.3) is 5.91 Å². The summed E-state index contributed by atoms with van der Waals surface area (Å²) in [5, 5.41) is 3.80. The number of halogens is 2. The largest absolute Gasteiger partial charge is 0.349 e. The summed E-state index contributed by atoms with van der Waals surface area (Å²) in [6.45, 7) is 2.96. The van der Waals surface area contributed by atoms with Gasteiger partial charge in [-0.2, -0.15) is 0 Å². The van der Waals surface area contributed by atoms with Gasteiger partial charge in [0, 0.05) is 31.0 Å². The maximum Gasteiger partial charge on any atom is 0.253 e. The summed E-state index contributed by atoms with van der Waals surface area (Å²) in [6, 6.07) is 8.49. The fraction of sp³-hybridized carbons (Fsp3) is 0.350. The van der Waals surface area contributed by atoms with Gasteiger partial charge in [0.1, 0.15) is 0 Å². The molecule has 1 fully saturated rings. The summed E-state index contributed by atoms with van der Waals surface area (Å²) in [5.41, 5.74) is 1.48. The lowest BCUT2D eigenvalue weighted by molar-refractivity contribution is -0.127. The Morgan fingerprint density at radius 2 is 1.93 bits per heavy atom. The fourth-order valence-electron chi connectivity index (χ4n) is 3.25. The Hall–Kier alpha value is -2.11. The number of piperidine rings is 1. The molecule has 0 spiro atoms. The van der Waals surface area contributed by atoms with Crippen LogP contribution in [-0.2, 0) is 4.79 Å². The molecule has 2 heterocycles. The predicted molar refractivity (Wildman–Crippen MR) is 106 cm³/mol. The van der Waals surface area contributed by atoms with Crippen LogP contribution in [0, 0.1) is 5.92 Å². The Bertz CT molecular complexity index is 829. The average molecular weight is 406 g/mol. The molecule has 1 aliphatic heterocycles. The van der Waals surface area contributed by atoms with Gasteiger partial charge >= 0.3 is 0 Å². The van der Waals surface area contributed by atoms with E-state index in [1.54, 1.807) is 35.5 Å². The van der Waals surface area contributed by atoms with Crippen LogP contribution < -0.4 is 5.32 Å². The van der Waals surface area contributed by atoms with Gasteiger partial charge in [0.05, 0.1) is 22.0 Å². The minimum atomic E-state index is -0.227. The smallest absolute Gasteiger partial charge is 0.253 e. The molecule has 0 saturated carbocycles. The molecule has 1 N–H and O–H groups in total. The first kappa shape index (κ1) is 19.6. The molecule has 0 radical (unpaired) electrons. The molecule has 2 aromatic rings. The molecule has 2 atom stereocenters. The van der Waals surface area contributed by atoms with Crippen molar-refractivity contribution in [3.63, 3.8) is 0 Å². The van der Waals surface area contributed by atoms with Gasteiger partial charge < -0.3 is 10.2 Å². The number of likely N-dealkylation sites (tertiary alicyclic amines) is 1. The van der Waals surface area contributed by atoms with Gasteiger partial charge in [-0.1, -0.05) is 23.2 Å². The average Bonchev–Trinajstić information content (AvgIpc) is 2.70. The van der Waals surface area contributed by atoms with Crippen molar-refractivity contribution in [2.75, 3.05) is 13.1 Å². The lowest BCUT2D eigenvalue weighted by atomic mass is 9.95. The molecule has 2 amide bonds. The highest BCUT2D eigenvalue weighted by molar-refractivity contribution is 6.42. The number of aromatic nitrogens is 1. The van der Waals surface area contributed by atoms with E-state index >= 15 is 0 Å². The number of nitrogens with zero attached hydrogens (tertiary/aromatic N) is 2. The standard InChI is InChI=1S/C20H21Cl2N3O2/c1-13(14-6-8-23-9-7-14)24-19(26)16-3-2-10-25(12-16)20(27)15-4-5-17(21)18(22)11-15/h4-9,11,13,16H,2-3,10,12H2,1H3,(H,24,26)/t13-,16+/m1/s1. The Balaban J connectivity index is 1.63. The fourth-order valence-corrected chi connectivity index (χ4v) is 3.55. The van der Waals surface area contributed by atoms with Crippen molar-refractivity contribution in [2.45, 2.75) is 25.8 Å². The van der Waals surface area contributed by atoms with E-state index in [9.17, 15) is 9.59 Å². The summed E-state index contributed by atoms with van der Waals surface area (Å²) in [7, 11) is 0. The second kappa shape index (κ2) is 8.72. The van der Waals surface area contributed by atoms with Gasteiger partial charge in [0.15, 0.2) is 0 Å². The zero-order valence-corrected chi connectivity index (χ0v) is 16.5. The molecular formula is C20H21Cl2N3O2. The lowest BCUT2D eigenvalue weighted by Crippen LogP contribution is -2.45. The second-order valence-corrected chi connectivity index (χ2v) is 7.54. The van der Waals surface area contributed by atoms with Crippen molar-refractivity contribution >= 4 is 35.0 Å². The number of hydrogen-bond donors (Lipinski definition) is 1. The lowest BCUT2D eigenvalue weighted by Gasteiger charge is -2.32. The summed E-state index contributed by atoms with van der Waals surface area (Å²) < 4.78 is 0. The molecule has 142 valence electrons. The van der Waals surface area contributed by atoms with E-state index in [1.807, 2.05) is 19.1 Å². The summed E-state index contributed by atoms with van der Waals surface area (Å²) in [6.07, 6.45) is 4.96. The number of benzene rings is 1. The van der Waals surface area contributed by atoms with Gasteiger partial charge in [-0.15, -0.1) is 0 Å². The molecular weight excluding hydrogens is 385 g/mol. The van der Waals surface area contributed by atoms with Crippen LogP contribution in [0.4, 0.5) is 0 Å². The van der Waals surface area contributed by atoms with E-state index in [-0.39, 0.29) is 23.8 Å². The first-order valence-electron chi connectivity index (χ1n) is 8.90. The normalized spacial score (nSPS) is 18.0. The van der Waals surface area contributed by atoms with Crippen molar-refractivity contribution in [3.8, 4) is 0 Å². The van der Waals surface area contributed by atoms with E-state index < -0.39 is 0 Å². The van der Waals surface area contributed by atoms with E-state index in [0.717, 1.165) is 18.4 Å². The van der Waals surface area contributed by atoms with Crippen molar-refractivity contribution in [3.05, 3.63) is 63.9 Å². The van der Waals surface area contributed by atoms with Crippen LogP contribution in [0.5, 0.6) is 0 Å². The monoisotopic (exact) mass is 405 g/mol. The zero-order valence-electron chi connectivity index (χ0n) is 15.0. The van der Waals surface area contributed by atoms with Crippen LogP contribution in [0.2, 0.25) is 10.0 Å². The van der Waals surface area contributed by atoms with Crippen molar-refractivity contribution < 1.29 is 9.59 Å². The molecule has 1 saturated heterocycles. The minimum absolute atomic E-state index is 0.0362. The van der Waals surface area contributed by atoms with Crippen LogP contribution in [0.15, 0.2) is 42.7 Å². The highest BCUT2D eigenvalue weighted by Crippen LogP contribution is 2.25. The van der Waals surface area contributed by atoms with Gasteiger partial charge in [-0.25, -0.2) is 0 Å². The molecule has 0 aliphatic carbocycles. The molecule has 1 aromatic heterocycles. The number of carbonyl (C=O) groups is 2. The number of carbonyl (C=O) groups excluding carboxylic acids is 2. The third kappa shape index (κ3) is 4.79. The Kier molecular flexibility index (Phi) is 6.34. The van der Waals surface area contributed by atoms with Crippen molar-refractivity contribution in [1.82, 2.24) is 15.2 Å².